The van der Waals surface area contributed by atoms with Gasteiger partial charge >= 0.3 is 6.09 Å². The van der Waals surface area contributed by atoms with Crippen molar-refractivity contribution < 1.29 is 27.8 Å². The summed E-state index contributed by atoms with van der Waals surface area (Å²) in [4.78, 5) is 28.8. The molecule has 7 nitrogen and oxygen atoms in total. The average molecular weight is 405 g/mol. The Balaban J connectivity index is 2.03. The van der Waals surface area contributed by atoms with Gasteiger partial charge in [-0.05, 0) is 54.4 Å². The quantitative estimate of drug-likeness (QED) is 0.779. The van der Waals surface area contributed by atoms with Gasteiger partial charge in [-0.2, -0.15) is 0 Å². The van der Waals surface area contributed by atoms with E-state index in [2.05, 4.69) is 5.32 Å². The third-order valence-corrected chi connectivity index (χ3v) is 4.97. The second kappa shape index (κ2) is 8.49. The lowest BCUT2D eigenvalue weighted by molar-refractivity contribution is -0.128. The highest BCUT2D eigenvalue weighted by molar-refractivity contribution is 5.87. The predicted octanol–water partition coefficient (Wildman–Crippen LogP) is 2.59. The Kier molecular flexibility index (Phi) is 6.91. The number of ether oxygens (including phenoxy) is 2. The zero-order valence-corrected chi connectivity index (χ0v) is 17.6. The molecule has 0 unspecified atom stereocenters. The van der Waals surface area contributed by atoms with Crippen LogP contribution in [0.15, 0.2) is 0 Å². The van der Waals surface area contributed by atoms with E-state index in [9.17, 15) is 18.4 Å². The van der Waals surface area contributed by atoms with Crippen molar-refractivity contribution in [2.24, 2.45) is 0 Å². The van der Waals surface area contributed by atoms with Gasteiger partial charge in [-0.3, -0.25) is 14.6 Å². The summed E-state index contributed by atoms with van der Waals surface area (Å²) in [6.07, 6.45) is -2.27. The number of amides is 2. The molecule has 2 rings (SSSR count). The number of hydrogen-bond donors (Lipinski definition) is 1. The van der Waals surface area contributed by atoms with E-state index < -0.39 is 36.0 Å². The molecular weight excluding hydrogens is 372 g/mol. The first-order valence-corrected chi connectivity index (χ1v) is 9.81. The van der Waals surface area contributed by atoms with Gasteiger partial charge in [0.25, 0.3) is 6.43 Å². The summed E-state index contributed by atoms with van der Waals surface area (Å²) in [5, 5.41) is 2.97. The van der Waals surface area contributed by atoms with Crippen molar-refractivity contribution in [3.05, 3.63) is 0 Å². The Labute approximate surface area is 165 Å². The minimum Gasteiger partial charge on any atom is -0.444 e. The molecule has 2 fully saturated rings. The Morgan fingerprint density at radius 3 is 2.32 bits per heavy atom. The second-order valence-corrected chi connectivity index (χ2v) is 9.04. The van der Waals surface area contributed by atoms with E-state index in [1.807, 2.05) is 0 Å². The number of piperidine rings is 1. The van der Waals surface area contributed by atoms with Crippen LogP contribution in [0.2, 0.25) is 0 Å². The number of rotatable bonds is 4. The molecule has 2 atom stereocenters. The van der Waals surface area contributed by atoms with Gasteiger partial charge in [-0.15, -0.1) is 0 Å². The van der Waals surface area contributed by atoms with Crippen molar-refractivity contribution in [1.82, 2.24) is 15.1 Å². The third kappa shape index (κ3) is 5.76. The maximum atomic E-state index is 13.0. The number of nitrogens with one attached hydrogen (secondary N) is 1. The van der Waals surface area contributed by atoms with E-state index in [4.69, 9.17) is 9.47 Å². The molecule has 9 heteroatoms. The molecule has 2 aliphatic rings. The van der Waals surface area contributed by atoms with Gasteiger partial charge < -0.3 is 14.8 Å². The SMILES string of the molecule is C[C@@H]1OC(C)(C)N(C(=O)OC(C)(C)C)[C@@H]1C(=O)NC1CCN(CC(F)F)CC1. The van der Waals surface area contributed by atoms with Gasteiger partial charge in [-0.1, -0.05) is 0 Å². The van der Waals surface area contributed by atoms with Crippen LogP contribution in [-0.4, -0.2) is 77.4 Å². The second-order valence-electron chi connectivity index (χ2n) is 9.04. The van der Waals surface area contributed by atoms with Crippen molar-refractivity contribution in [2.75, 3.05) is 19.6 Å². The van der Waals surface area contributed by atoms with Gasteiger partial charge in [0.2, 0.25) is 5.91 Å². The molecule has 2 heterocycles. The minimum atomic E-state index is -2.35. The molecule has 162 valence electrons. The fraction of sp³-hybridized carbons (Fsp3) is 0.895. The number of carbonyl (C=O) groups is 2. The molecular formula is C19H33F2N3O4. The molecule has 0 spiro atoms. The average Bonchev–Trinajstić information content (AvgIpc) is 2.75. The van der Waals surface area contributed by atoms with E-state index >= 15 is 0 Å². The number of hydrogen-bond acceptors (Lipinski definition) is 5. The highest BCUT2D eigenvalue weighted by Crippen LogP contribution is 2.34. The topological polar surface area (TPSA) is 71.1 Å². The van der Waals surface area contributed by atoms with E-state index in [0.717, 1.165) is 0 Å². The molecule has 2 saturated heterocycles. The standard InChI is InChI=1S/C19H33F2N3O4/c1-12-15(24(19(5,6)27-12)17(26)28-18(2,3)4)16(25)22-13-7-9-23(10-8-13)11-14(20)21/h12-15H,7-11H2,1-6H3,(H,22,25)/t12-,15-/m0/s1. The van der Waals surface area contributed by atoms with Gasteiger partial charge in [0.1, 0.15) is 17.4 Å². The summed E-state index contributed by atoms with van der Waals surface area (Å²) < 4.78 is 36.3. The molecule has 0 aliphatic carbocycles. The number of halogens is 2. The molecule has 0 aromatic heterocycles. The molecule has 0 bridgehead atoms. The van der Waals surface area contributed by atoms with Crippen molar-refractivity contribution in [1.29, 1.82) is 0 Å². The van der Waals surface area contributed by atoms with Crippen molar-refractivity contribution >= 4 is 12.0 Å². The van der Waals surface area contributed by atoms with Crippen LogP contribution in [0.3, 0.4) is 0 Å². The van der Waals surface area contributed by atoms with E-state index in [-0.39, 0.29) is 18.5 Å². The Bertz CT molecular complexity index is 572. The maximum Gasteiger partial charge on any atom is 0.413 e. The van der Waals surface area contributed by atoms with Crippen molar-refractivity contribution in [3.8, 4) is 0 Å². The third-order valence-electron chi connectivity index (χ3n) is 4.97. The predicted molar refractivity (Wildman–Crippen MR) is 100 cm³/mol. The Morgan fingerprint density at radius 2 is 1.82 bits per heavy atom. The summed E-state index contributed by atoms with van der Waals surface area (Å²) in [5.41, 5.74) is -1.68. The number of alkyl halides is 2. The van der Waals surface area contributed by atoms with Crippen LogP contribution in [0.5, 0.6) is 0 Å². The zero-order valence-electron chi connectivity index (χ0n) is 17.6. The van der Waals surface area contributed by atoms with Gasteiger partial charge in [0, 0.05) is 19.1 Å². The molecule has 0 radical (unpaired) electrons. The smallest absolute Gasteiger partial charge is 0.413 e. The van der Waals surface area contributed by atoms with Crippen LogP contribution in [0.4, 0.5) is 13.6 Å². The lowest BCUT2D eigenvalue weighted by Gasteiger charge is -2.36. The van der Waals surface area contributed by atoms with Crippen molar-refractivity contribution in [3.63, 3.8) is 0 Å². The number of nitrogens with zero attached hydrogens (tertiary/aromatic N) is 2. The molecule has 0 aromatic carbocycles. The van der Waals surface area contributed by atoms with Crippen LogP contribution in [-0.2, 0) is 14.3 Å². The van der Waals surface area contributed by atoms with Crippen molar-refractivity contribution in [2.45, 2.75) is 90.3 Å². The summed E-state index contributed by atoms with van der Waals surface area (Å²) in [7, 11) is 0. The van der Waals surface area contributed by atoms with Gasteiger partial charge in [0.15, 0.2) is 0 Å². The van der Waals surface area contributed by atoms with Gasteiger partial charge in [0.05, 0.1) is 12.6 Å². The van der Waals surface area contributed by atoms with E-state index in [0.29, 0.717) is 25.9 Å². The molecule has 2 aliphatic heterocycles. The summed E-state index contributed by atoms with van der Waals surface area (Å²) in [6, 6.07) is -0.929. The lowest BCUT2D eigenvalue weighted by atomic mass is 10.0. The lowest BCUT2D eigenvalue weighted by Crippen LogP contribution is -2.57. The highest BCUT2D eigenvalue weighted by Gasteiger charge is 2.53. The fourth-order valence-electron chi connectivity index (χ4n) is 3.84. The minimum absolute atomic E-state index is 0.113. The number of carbonyl (C=O) groups excluding carboxylic acids is 2. The summed E-state index contributed by atoms with van der Waals surface area (Å²) in [5.74, 6) is -0.309. The first-order valence-electron chi connectivity index (χ1n) is 9.81. The Morgan fingerprint density at radius 1 is 1.25 bits per heavy atom. The first kappa shape index (κ1) is 22.8. The highest BCUT2D eigenvalue weighted by atomic mass is 19.3. The molecule has 2 amide bonds. The zero-order chi connectivity index (χ0) is 21.3. The van der Waals surface area contributed by atoms with Crippen LogP contribution in [0.25, 0.3) is 0 Å². The van der Waals surface area contributed by atoms with Crippen LogP contribution < -0.4 is 5.32 Å². The maximum absolute atomic E-state index is 13.0. The summed E-state index contributed by atoms with van der Waals surface area (Å²) in [6.45, 7) is 11.3. The summed E-state index contributed by atoms with van der Waals surface area (Å²) >= 11 is 0. The van der Waals surface area contributed by atoms with Crippen LogP contribution >= 0.6 is 0 Å². The Hall–Kier alpha value is -1.48. The first-order chi connectivity index (χ1) is 12.8. The van der Waals surface area contributed by atoms with Crippen LogP contribution in [0, 0.1) is 0 Å². The molecule has 28 heavy (non-hydrogen) atoms. The number of likely N-dealkylation sites (tertiary alicyclic amines) is 1. The van der Waals surface area contributed by atoms with E-state index in [1.54, 1.807) is 46.4 Å². The van der Waals surface area contributed by atoms with E-state index in [1.165, 1.54) is 4.90 Å². The monoisotopic (exact) mass is 405 g/mol. The molecule has 1 N–H and O–H groups in total. The fourth-order valence-corrected chi connectivity index (χ4v) is 3.84. The normalized spacial score (nSPS) is 26.5. The molecule has 0 aromatic rings. The molecule has 0 saturated carbocycles. The largest absolute Gasteiger partial charge is 0.444 e. The van der Waals surface area contributed by atoms with Crippen LogP contribution in [0.1, 0.15) is 54.4 Å². The van der Waals surface area contributed by atoms with Gasteiger partial charge in [-0.25, -0.2) is 13.6 Å².